The molecule has 0 amide bonds. The molecule has 0 saturated carbocycles. The zero-order valence-electron chi connectivity index (χ0n) is 10.2. The second-order valence-electron chi connectivity index (χ2n) is 4.84. The van der Waals surface area contributed by atoms with Gasteiger partial charge in [-0.25, -0.2) is 4.98 Å². The Kier molecular flexibility index (Phi) is 3.33. The summed E-state index contributed by atoms with van der Waals surface area (Å²) >= 11 is 0. The van der Waals surface area contributed by atoms with Crippen LogP contribution in [0, 0.1) is 16.0 Å². The van der Waals surface area contributed by atoms with Gasteiger partial charge in [0.25, 0.3) is 0 Å². The van der Waals surface area contributed by atoms with Gasteiger partial charge in [-0.15, -0.1) is 0 Å². The first kappa shape index (κ1) is 12.6. The number of nitro groups is 1. The second-order valence-corrected chi connectivity index (χ2v) is 4.84. The van der Waals surface area contributed by atoms with Crippen LogP contribution in [0.3, 0.4) is 0 Å². The molecule has 2 unspecified atom stereocenters. The minimum Gasteiger partial charge on any atom is -0.378 e. The lowest BCUT2D eigenvalue weighted by Crippen LogP contribution is -2.46. The summed E-state index contributed by atoms with van der Waals surface area (Å²) in [5.74, 6) is 1.08. The molecule has 1 aromatic heterocycles. The normalized spacial score (nSPS) is 24.0. The van der Waals surface area contributed by atoms with Gasteiger partial charge in [0.15, 0.2) is 0 Å². The van der Waals surface area contributed by atoms with Crippen LogP contribution in [-0.4, -0.2) is 29.0 Å². The predicted octanol–water partition coefficient (Wildman–Crippen LogP) is 0.745. The summed E-state index contributed by atoms with van der Waals surface area (Å²) in [7, 11) is 0. The highest BCUT2D eigenvalue weighted by atomic mass is 16.6. The van der Waals surface area contributed by atoms with Crippen molar-refractivity contribution >= 4 is 17.3 Å². The second kappa shape index (κ2) is 4.77. The van der Waals surface area contributed by atoms with Gasteiger partial charge >= 0.3 is 5.69 Å². The number of nitrogen functional groups attached to an aromatic ring is 1. The number of pyridine rings is 1. The molecule has 4 N–H and O–H groups in total. The number of hydrogen-bond acceptors (Lipinski definition) is 6. The van der Waals surface area contributed by atoms with Crippen LogP contribution in [0.5, 0.6) is 0 Å². The molecule has 2 heterocycles. The average Bonchev–Trinajstić information content (AvgIpc) is 2.26. The fraction of sp³-hybridized carbons (Fsp3) is 0.545. The van der Waals surface area contributed by atoms with Crippen LogP contribution in [0.2, 0.25) is 0 Å². The molecule has 7 heteroatoms. The molecule has 1 saturated heterocycles. The average molecular weight is 251 g/mol. The third-order valence-electron chi connectivity index (χ3n) is 3.10. The molecule has 18 heavy (non-hydrogen) atoms. The van der Waals surface area contributed by atoms with E-state index in [1.54, 1.807) is 6.07 Å². The molecule has 1 aliphatic rings. The van der Waals surface area contributed by atoms with Gasteiger partial charge in [-0.3, -0.25) is 10.1 Å². The van der Waals surface area contributed by atoms with Gasteiger partial charge in [0.1, 0.15) is 5.82 Å². The van der Waals surface area contributed by atoms with Gasteiger partial charge in [0.05, 0.1) is 4.92 Å². The Morgan fingerprint density at radius 2 is 2.22 bits per heavy atom. The van der Waals surface area contributed by atoms with E-state index in [1.165, 1.54) is 6.07 Å². The summed E-state index contributed by atoms with van der Waals surface area (Å²) in [5, 5.41) is 10.7. The maximum Gasteiger partial charge on any atom is 0.311 e. The Morgan fingerprint density at radius 1 is 1.50 bits per heavy atom. The first-order valence-electron chi connectivity index (χ1n) is 5.89. The number of nitrogens with two attached hydrogens (primary N) is 2. The van der Waals surface area contributed by atoms with Gasteiger partial charge in [-0.1, -0.05) is 6.92 Å². The van der Waals surface area contributed by atoms with Crippen LogP contribution >= 0.6 is 0 Å². The van der Waals surface area contributed by atoms with Gasteiger partial charge in [0, 0.05) is 25.2 Å². The number of aromatic nitrogens is 1. The van der Waals surface area contributed by atoms with E-state index >= 15 is 0 Å². The highest BCUT2D eigenvalue weighted by molar-refractivity contribution is 5.58. The summed E-state index contributed by atoms with van der Waals surface area (Å²) < 4.78 is 0. The first-order chi connectivity index (χ1) is 8.47. The maximum atomic E-state index is 10.7. The molecule has 98 valence electrons. The molecule has 0 bridgehead atoms. The Balaban J connectivity index is 2.23. The zero-order chi connectivity index (χ0) is 13.3. The number of nitrogens with zero attached hydrogens (tertiary/aromatic N) is 3. The largest absolute Gasteiger partial charge is 0.378 e. The van der Waals surface area contributed by atoms with Crippen LogP contribution in [0.25, 0.3) is 0 Å². The molecule has 1 aromatic rings. The lowest BCUT2D eigenvalue weighted by Gasteiger charge is -2.35. The highest BCUT2D eigenvalue weighted by Gasteiger charge is 2.24. The maximum absolute atomic E-state index is 10.7. The SMILES string of the molecule is CC1CC(N)CN(c2ccc([N+](=O)[O-])c(N)n2)C1. The summed E-state index contributed by atoms with van der Waals surface area (Å²) in [6, 6.07) is 3.12. The Hall–Kier alpha value is -1.89. The molecule has 1 aliphatic heterocycles. The summed E-state index contributed by atoms with van der Waals surface area (Å²) in [6.45, 7) is 3.67. The molecule has 2 atom stereocenters. The standard InChI is InChI=1S/C11H17N5O2/c1-7-4-8(12)6-15(5-7)10-3-2-9(16(17)18)11(13)14-10/h2-3,7-8H,4-6,12H2,1H3,(H2,13,14). The van der Waals surface area contributed by atoms with Gasteiger partial charge in [-0.05, 0) is 18.4 Å². The lowest BCUT2D eigenvalue weighted by molar-refractivity contribution is -0.384. The van der Waals surface area contributed by atoms with Crippen LogP contribution < -0.4 is 16.4 Å². The molecule has 1 fully saturated rings. The predicted molar refractivity (Wildman–Crippen MR) is 69.3 cm³/mol. The molecule has 0 aliphatic carbocycles. The summed E-state index contributed by atoms with van der Waals surface area (Å²) in [4.78, 5) is 16.3. The molecule has 0 spiro atoms. The summed E-state index contributed by atoms with van der Waals surface area (Å²) in [5.41, 5.74) is 11.4. The van der Waals surface area contributed by atoms with Gasteiger partial charge in [-0.2, -0.15) is 0 Å². The van der Waals surface area contributed by atoms with E-state index in [-0.39, 0.29) is 17.5 Å². The Morgan fingerprint density at radius 3 is 2.78 bits per heavy atom. The van der Waals surface area contributed by atoms with E-state index in [2.05, 4.69) is 11.9 Å². The van der Waals surface area contributed by atoms with Crippen molar-refractivity contribution in [1.82, 2.24) is 4.98 Å². The Labute approximate surface area is 105 Å². The minimum absolute atomic E-state index is 0.0516. The van der Waals surface area contributed by atoms with Crippen molar-refractivity contribution in [3.63, 3.8) is 0 Å². The Bertz CT molecular complexity index is 455. The van der Waals surface area contributed by atoms with Crippen molar-refractivity contribution in [3.8, 4) is 0 Å². The van der Waals surface area contributed by atoms with Crippen LogP contribution in [0.4, 0.5) is 17.3 Å². The first-order valence-corrected chi connectivity index (χ1v) is 5.89. The van der Waals surface area contributed by atoms with E-state index in [0.29, 0.717) is 18.3 Å². The molecule has 7 nitrogen and oxygen atoms in total. The van der Waals surface area contributed by atoms with Crippen molar-refractivity contribution in [2.45, 2.75) is 19.4 Å². The highest BCUT2D eigenvalue weighted by Crippen LogP contribution is 2.26. The molecular weight excluding hydrogens is 234 g/mol. The topological polar surface area (TPSA) is 111 Å². The molecule has 2 rings (SSSR count). The fourth-order valence-electron chi connectivity index (χ4n) is 2.37. The van der Waals surface area contributed by atoms with E-state index in [0.717, 1.165) is 13.0 Å². The van der Waals surface area contributed by atoms with Gasteiger partial charge < -0.3 is 16.4 Å². The third-order valence-corrected chi connectivity index (χ3v) is 3.10. The quantitative estimate of drug-likeness (QED) is 0.592. The van der Waals surface area contributed by atoms with E-state index in [1.807, 2.05) is 4.90 Å². The van der Waals surface area contributed by atoms with Crippen LogP contribution in [0.1, 0.15) is 13.3 Å². The number of hydrogen-bond donors (Lipinski definition) is 2. The molecule has 0 radical (unpaired) electrons. The van der Waals surface area contributed by atoms with E-state index in [4.69, 9.17) is 11.5 Å². The van der Waals surface area contributed by atoms with Crippen molar-refractivity contribution in [1.29, 1.82) is 0 Å². The van der Waals surface area contributed by atoms with Crippen molar-refractivity contribution < 1.29 is 4.92 Å². The smallest absolute Gasteiger partial charge is 0.311 e. The van der Waals surface area contributed by atoms with Crippen LogP contribution in [0.15, 0.2) is 12.1 Å². The fourth-order valence-corrected chi connectivity index (χ4v) is 2.37. The van der Waals surface area contributed by atoms with Crippen molar-refractivity contribution in [3.05, 3.63) is 22.2 Å². The van der Waals surface area contributed by atoms with E-state index < -0.39 is 4.92 Å². The molecule has 0 aromatic carbocycles. The minimum atomic E-state index is -0.531. The number of rotatable bonds is 2. The summed E-state index contributed by atoms with van der Waals surface area (Å²) in [6.07, 6.45) is 0.985. The van der Waals surface area contributed by atoms with Crippen molar-refractivity contribution in [2.24, 2.45) is 11.7 Å². The zero-order valence-corrected chi connectivity index (χ0v) is 10.2. The van der Waals surface area contributed by atoms with E-state index in [9.17, 15) is 10.1 Å². The monoisotopic (exact) mass is 251 g/mol. The van der Waals surface area contributed by atoms with Gasteiger partial charge in [0.2, 0.25) is 5.82 Å². The lowest BCUT2D eigenvalue weighted by atomic mass is 9.96. The van der Waals surface area contributed by atoms with Crippen molar-refractivity contribution in [2.75, 3.05) is 23.7 Å². The third kappa shape index (κ3) is 2.51. The molecular formula is C11H17N5O2. The van der Waals surface area contributed by atoms with Crippen LogP contribution in [-0.2, 0) is 0 Å². The number of piperidine rings is 1. The number of anilines is 2.